The van der Waals surface area contributed by atoms with Gasteiger partial charge in [0, 0.05) is 28.7 Å². The van der Waals surface area contributed by atoms with Crippen molar-refractivity contribution >= 4 is 23.7 Å². The average Bonchev–Trinajstić information content (AvgIpc) is 2.73. The van der Waals surface area contributed by atoms with E-state index in [-0.39, 0.29) is 16.6 Å². The van der Waals surface area contributed by atoms with Gasteiger partial charge in [-0.05, 0) is 52.8 Å². The second kappa shape index (κ2) is 6.54. The third kappa shape index (κ3) is 3.79. The molecule has 0 saturated heterocycles. The summed E-state index contributed by atoms with van der Waals surface area (Å²) in [5, 5.41) is 4.19. The molecule has 5 nitrogen and oxygen atoms in total. The summed E-state index contributed by atoms with van der Waals surface area (Å²) in [6.07, 6.45) is 3.18. The molecule has 1 amide bonds. The van der Waals surface area contributed by atoms with Gasteiger partial charge in [0.25, 0.3) is 5.91 Å². The van der Waals surface area contributed by atoms with Crippen LogP contribution in [0, 0.1) is 13.8 Å². The zero-order valence-electron chi connectivity index (χ0n) is 14.0. The smallest absolute Gasteiger partial charge is 0.274 e. The highest BCUT2D eigenvalue weighted by Crippen LogP contribution is 2.23. The first kappa shape index (κ1) is 17.2. The number of carbonyl (C=O) groups excluding carboxylic acids is 1. The highest BCUT2D eigenvalue weighted by atomic mass is 35.5. The maximum absolute atomic E-state index is 12.0. The Bertz CT molecular complexity index is 756. The monoisotopic (exact) mass is 332 g/mol. The molecule has 0 fully saturated rings. The van der Waals surface area contributed by atoms with E-state index < -0.39 is 0 Å². The van der Waals surface area contributed by atoms with Gasteiger partial charge in [-0.25, -0.2) is 10.4 Å². The van der Waals surface area contributed by atoms with Gasteiger partial charge in [-0.3, -0.25) is 4.79 Å². The van der Waals surface area contributed by atoms with Crippen LogP contribution in [0.15, 0.2) is 29.5 Å². The maximum Gasteiger partial charge on any atom is 0.274 e. The van der Waals surface area contributed by atoms with Crippen molar-refractivity contribution in [3.8, 4) is 0 Å². The van der Waals surface area contributed by atoms with Crippen LogP contribution < -0.4 is 5.43 Å². The van der Waals surface area contributed by atoms with Crippen LogP contribution >= 0.6 is 11.6 Å². The number of hydrogen-bond donors (Lipinski definition) is 1. The number of nitrogens with zero attached hydrogens (tertiary/aromatic N) is 3. The van der Waals surface area contributed by atoms with Crippen LogP contribution in [-0.4, -0.2) is 21.7 Å². The number of nitrogens with one attached hydrogen (secondary N) is 1. The van der Waals surface area contributed by atoms with Gasteiger partial charge in [0.1, 0.15) is 5.15 Å². The molecule has 0 aliphatic rings. The normalized spacial score (nSPS) is 11.9. The molecule has 0 aliphatic carbocycles. The molecule has 0 saturated carbocycles. The highest BCUT2D eigenvalue weighted by molar-refractivity contribution is 6.32. The van der Waals surface area contributed by atoms with E-state index >= 15 is 0 Å². The van der Waals surface area contributed by atoms with Gasteiger partial charge in [0.2, 0.25) is 0 Å². The lowest BCUT2D eigenvalue weighted by Crippen LogP contribution is -2.24. The van der Waals surface area contributed by atoms with Crippen molar-refractivity contribution in [3.05, 3.63) is 52.1 Å². The van der Waals surface area contributed by atoms with E-state index in [0.717, 1.165) is 17.0 Å². The molecule has 1 N–H and O–H groups in total. The van der Waals surface area contributed by atoms with Crippen LogP contribution in [0.2, 0.25) is 5.15 Å². The van der Waals surface area contributed by atoms with Crippen LogP contribution in [-0.2, 0) is 5.54 Å². The van der Waals surface area contributed by atoms with Gasteiger partial charge in [0.05, 0.1) is 11.8 Å². The van der Waals surface area contributed by atoms with Gasteiger partial charge in [0.15, 0.2) is 0 Å². The molecule has 0 bridgehead atoms. The lowest BCUT2D eigenvalue weighted by molar-refractivity contribution is 0.0955. The van der Waals surface area contributed by atoms with Gasteiger partial charge in [-0.15, -0.1) is 0 Å². The molecule has 2 rings (SSSR count). The fourth-order valence-corrected chi connectivity index (χ4v) is 2.93. The summed E-state index contributed by atoms with van der Waals surface area (Å²) < 4.78 is 2.24. The van der Waals surface area contributed by atoms with Crippen molar-refractivity contribution in [1.29, 1.82) is 0 Å². The topological polar surface area (TPSA) is 59.3 Å². The summed E-state index contributed by atoms with van der Waals surface area (Å²) in [6.45, 7) is 10.6. The summed E-state index contributed by atoms with van der Waals surface area (Å²) in [4.78, 5) is 15.9. The van der Waals surface area contributed by atoms with Crippen molar-refractivity contribution in [1.82, 2.24) is 15.0 Å². The minimum Gasteiger partial charge on any atom is -0.343 e. The number of amides is 1. The van der Waals surface area contributed by atoms with E-state index in [0.29, 0.717) is 5.56 Å². The molecule has 122 valence electrons. The van der Waals surface area contributed by atoms with Gasteiger partial charge >= 0.3 is 0 Å². The molecule has 0 spiro atoms. The number of hydrogen-bond acceptors (Lipinski definition) is 3. The van der Waals surface area contributed by atoms with E-state index in [1.807, 2.05) is 13.0 Å². The number of halogens is 1. The first-order valence-corrected chi connectivity index (χ1v) is 7.73. The Labute approximate surface area is 141 Å². The van der Waals surface area contributed by atoms with Crippen molar-refractivity contribution in [2.75, 3.05) is 0 Å². The molecule has 0 radical (unpaired) electrons. The molecule has 2 heterocycles. The lowest BCUT2D eigenvalue weighted by Gasteiger charge is -2.25. The third-order valence-corrected chi connectivity index (χ3v) is 3.82. The van der Waals surface area contributed by atoms with Crippen LogP contribution in [0.3, 0.4) is 0 Å². The van der Waals surface area contributed by atoms with E-state index in [9.17, 15) is 4.79 Å². The Hall–Kier alpha value is -2.14. The Morgan fingerprint density at radius 2 is 2.09 bits per heavy atom. The Morgan fingerprint density at radius 1 is 1.39 bits per heavy atom. The molecular formula is C17H21ClN4O. The number of hydrazone groups is 1. The molecule has 23 heavy (non-hydrogen) atoms. The van der Waals surface area contributed by atoms with Gasteiger partial charge in [-0.2, -0.15) is 5.10 Å². The molecule has 0 atom stereocenters. The predicted molar refractivity (Wildman–Crippen MR) is 93.2 cm³/mol. The summed E-state index contributed by atoms with van der Waals surface area (Å²) in [6, 6.07) is 5.31. The van der Waals surface area contributed by atoms with E-state index in [1.54, 1.807) is 18.3 Å². The number of aryl methyl sites for hydroxylation is 1. The summed E-state index contributed by atoms with van der Waals surface area (Å²) >= 11 is 5.89. The molecule has 0 unspecified atom stereocenters. The summed E-state index contributed by atoms with van der Waals surface area (Å²) in [5.41, 5.74) is 5.99. The molecule has 6 heteroatoms. The number of pyridine rings is 1. The SMILES string of the molecule is Cc1cc(C=NNC(=O)c2cccnc2Cl)c(C)n1C(C)(C)C. The van der Waals surface area contributed by atoms with E-state index in [2.05, 4.69) is 47.8 Å². The second-order valence-electron chi connectivity index (χ2n) is 6.37. The van der Waals surface area contributed by atoms with Crippen LogP contribution in [0.4, 0.5) is 0 Å². The fourth-order valence-electron chi connectivity index (χ4n) is 2.73. The molecule has 2 aromatic rings. The minimum atomic E-state index is -0.385. The quantitative estimate of drug-likeness (QED) is 0.529. The molecule has 0 aliphatic heterocycles. The lowest BCUT2D eigenvalue weighted by atomic mass is 10.1. The Morgan fingerprint density at radius 3 is 2.65 bits per heavy atom. The van der Waals surface area contributed by atoms with Crippen molar-refractivity contribution < 1.29 is 4.79 Å². The van der Waals surface area contributed by atoms with Crippen LogP contribution in [0.5, 0.6) is 0 Å². The van der Waals surface area contributed by atoms with Crippen LogP contribution in [0.25, 0.3) is 0 Å². The maximum atomic E-state index is 12.0. The highest BCUT2D eigenvalue weighted by Gasteiger charge is 2.19. The predicted octanol–water partition coefficient (Wildman–Crippen LogP) is 3.67. The van der Waals surface area contributed by atoms with Crippen molar-refractivity contribution in [3.63, 3.8) is 0 Å². The fraction of sp³-hybridized carbons (Fsp3) is 0.353. The zero-order chi connectivity index (χ0) is 17.2. The first-order valence-electron chi connectivity index (χ1n) is 7.35. The minimum absolute atomic E-state index is 0.00720. The zero-order valence-corrected chi connectivity index (χ0v) is 14.8. The van der Waals surface area contributed by atoms with Crippen LogP contribution in [0.1, 0.15) is 48.1 Å². The summed E-state index contributed by atoms with van der Waals surface area (Å²) in [5.74, 6) is -0.385. The average molecular weight is 333 g/mol. The number of carbonyl (C=O) groups is 1. The van der Waals surface area contributed by atoms with E-state index in [4.69, 9.17) is 11.6 Å². The van der Waals surface area contributed by atoms with Gasteiger partial charge < -0.3 is 4.57 Å². The largest absolute Gasteiger partial charge is 0.343 e. The third-order valence-electron chi connectivity index (χ3n) is 3.51. The standard InChI is InChI=1S/C17H21ClN4O/c1-11-9-13(12(2)22(11)17(3,4)5)10-20-21-16(23)14-7-6-8-19-15(14)18/h6-10H,1-5H3,(H,21,23). The van der Waals surface area contributed by atoms with Crippen molar-refractivity contribution in [2.45, 2.75) is 40.2 Å². The second-order valence-corrected chi connectivity index (χ2v) is 6.73. The van der Waals surface area contributed by atoms with Gasteiger partial charge in [-0.1, -0.05) is 11.6 Å². The summed E-state index contributed by atoms with van der Waals surface area (Å²) in [7, 11) is 0. The Kier molecular flexibility index (Phi) is 4.90. The number of rotatable bonds is 3. The molecule has 0 aromatic carbocycles. The number of aromatic nitrogens is 2. The van der Waals surface area contributed by atoms with E-state index in [1.165, 1.54) is 6.20 Å². The molecule has 2 aromatic heterocycles. The van der Waals surface area contributed by atoms with Crippen molar-refractivity contribution in [2.24, 2.45) is 5.10 Å². The molecular weight excluding hydrogens is 312 g/mol. The Balaban J connectivity index is 2.16. The first-order chi connectivity index (χ1) is 10.7.